The summed E-state index contributed by atoms with van der Waals surface area (Å²) in [4.78, 5) is 35.3. The van der Waals surface area contributed by atoms with Crippen molar-refractivity contribution in [2.24, 2.45) is 0 Å². The normalized spacial score (nSPS) is 12.3. The van der Waals surface area contributed by atoms with E-state index in [1.54, 1.807) is 12.1 Å². The summed E-state index contributed by atoms with van der Waals surface area (Å²) >= 11 is 11.9. The van der Waals surface area contributed by atoms with Gasteiger partial charge in [-0.15, -0.1) is 0 Å². The smallest absolute Gasteiger partial charge is 0.354 e. The van der Waals surface area contributed by atoms with Crippen LogP contribution in [0.2, 0.25) is 10.0 Å². The number of benzene rings is 2. The van der Waals surface area contributed by atoms with Crippen LogP contribution in [0.25, 0.3) is 5.57 Å². The number of carboxylic acids is 2. The molecule has 46 heavy (non-hydrogen) atoms. The molecular weight excluding hydrogens is 623 g/mol. The highest BCUT2D eigenvalue weighted by molar-refractivity contribution is 6.30. The van der Waals surface area contributed by atoms with Gasteiger partial charge in [0.15, 0.2) is 0 Å². The number of carboxylic acid groups (broad SMARTS) is 2. The molecule has 242 valence electrons. The zero-order valence-corrected chi connectivity index (χ0v) is 28.0. The minimum atomic E-state index is -1.06. The van der Waals surface area contributed by atoms with E-state index >= 15 is 0 Å². The third-order valence-corrected chi connectivity index (χ3v) is 7.82. The first kappa shape index (κ1) is 36.4. The maximum absolute atomic E-state index is 11.1. The summed E-state index contributed by atoms with van der Waals surface area (Å²) in [6.07, 6.45) is 1.72. The van der Waals surface area contributed by atoms with Crippen LogP contribution in [0.3, 0.4) is 0 Å². The van der Waals surface area contributed by atoms with Gasteiger partial charge in [0, 0.05) is 33.3 Å². The van der Waals surface area contributed by atoms with E-state index in [2.05, 4.69) is 26.3 Å². The van der Waals surface area contributed by atoms with E-state index in [1.165, 1.54) is 6.07 Å². The van der Waals surface area contributed by atoms with Gasteiger partial charge in [-0.3, -0.25) is 4.98 Å². The Morgan fingerprint density at radius 3 is 1.43 bits per heavy atom. The SMILES string of the molecule is C=C(C(=O)O)c1cccc(C(CCN(C)C)c2ccc(Cl)cc2)n1.CN(C)CCC(c1ccc(Cl)cc1)c1cccc(C(=O)O)n1. The van der Waals surface area contributed by atoms with Crippen LogP contribution in [0.4, 0.5) is 0 Å². The third-order valence-electron chi connectivity index (χ3n) is 7.32. The van der Waals surface area contributed by atoms with Gasteiger partial charge in [-0.1, -0.05) is 66.2 Å². The Kier molecular flexibility index (Phi) is 13.9. The highest BCUT2D eigenvalue weighted by Gasteiger charge is 2.19. The van der Waals surface area contributed by atoms with Gasteiger partial charge in [0.05, 0.1) is 11.3 Å². The second-order valence-corrected chi connectivity index (χ2v) is 12.2. The Bertz CT molecular complexity index is 1610. The number of hydrogen-bond acceptors (Lipinski definition) is 6. The van der Waals surface area contributed by atoms with Crippen molar-refractivity contribution >= 4 is 40.7 Å². The van der Waals surface area contributed by atoms with E-state index in [0.717, 1.165) is 48.4 Å². The summed E-state index contributed by atoms with van der Waals surface area (Å²) in [5.74, 6) is -1.97. The quantitative estimate of drug-likeness (QED) is 0.142. The molecular formula is C36H40Cl2N4O4. The Labute approximate surface area is 281 Å². The van der Waals surface area contributed by atoms with Crippen molar-refractivity contribution in [3.63, 3.8) is 0 Å². The van der Waals surface area contributed by atoms with Gasteiger partial charge >= 0.3 is 11.9 Å². The van der Waals surface area contributed by atoms with Crippen LogP contribution in [0, 0.1) is 0 Å². The first-order valence-electron chi connectivity index (χ1n) is 14.8. The number of aliphatic carboxylic acids is 1. The summed E-state index contributed by atoms with van der Waals surface area (Å²) in [6, 6.07) is 25.9. The average Bonchev–Trinajstić information content (AvgIpc) is 3.03. The van der Waals surface area contributed by atoms with Gasteiger partial charge in [-0.05, 0) is 114 Å². The van der Waals surface area contributed by atoms with Crippen LogP contribution in [-0.4, -0.2) is 83.2 Å². The van der Waals surface area contributed by atoms with Crippen LogP contribution >= 0.6 is 23.2 Å². The van der Waals surface area contributed by atoms with Crippen LogP contribution in [0.5, 0.6) is 0 Å². The molecule has 8 nitrogen and oxygen atoms in total. The summed E-state index contributed by atoms with van der Waals surface area (Å²) in [5, 5.41) is 19.6. The van der Waals surface area contributed by atoms with Gasteiger partial charge in [-0.2, -0.15) is 0 Å². The van der Waals surface area contributed by atoms with Gasteiger partial charge < -0.3 is 20.0 Å². The molecule has 0 aliphatic heterocycles. The number of rotatable bonds is 13. The first-order chi connectivity index (χ1) is 21.8. The molecule has 2 heterocycles. The lowest BCUT2D eigenvalue weighted by atomic mass is 9.91. The number of nitrogens with zero attached hydrogens (tertiary/aromatic N) is 4. The molecule has 0 bridgehead atoms. The molecule has 0 aliphatic carbocycles. The van der Waals surface area contributed by atoms with Gasteiger partial charge in [0.1, 0.15) is 5.69 Å². The standard InChI is InChI=1S/C19H21ClN2O2.C17H19ClN2O2/c1-13(19(23)24)17-5-4-6-18(21-17)16(11-12-22(2)3)14-7-9-15(20)10-8-14;1-20(2)11-10-14(12-6-8-13(18)9-7-12)15-4-3-5-16(19-15)17(21)22/h4-10,16H,1,11-12H2,2-3H3,(H,23,24);3-9,14H,10-11H2,1-2H3,(H,21,22). The van der Waals surface area contributed by atoms with Crippen molar-refractivity contribution in [1.82, 2.24) is 19.8 Å². The van der Waals surface area contributed by atoms with E-state index in [0.29, 0.717) is 15.7 Å². The number of aromatic carboxylic acids is 1. The number of carbonyl (C=O) groups is 2. The fraction of sp³-hybridized carbons (Fsp3) is 0.278. The van der Waals surface area contributed by atoms with Gasteiger partial charge in [-0.25, -0.2) is 14.6 Å². The number of aromatic nitrogens is 2. The molecule has 4 rings (SSSR count). The summed E-state index contributed by atoms with van der Waals surface area (Å²) in [5.41, 5.74) is 4.25. The van der Waals surface area contributed by atoms with Crippen LogP contribution in [0.15, 0.2) is 91.5 Å². The molecule has 0 radical (unpaired) electrons. The minimum absolute atomic E-state index is 0.000634. The van der Waals surface area contributed by atoms with Crippen LogP contribution in [0.1, 0.15) is 63.4 Å². The molecule has 0 saturated carbocycles. The highest BCUT2D eigenvalue weighted by Crippen LogP contribution is 2.30. The molecule has 2 aromatic carbocycles. The predicted molar refractivity (Wildman–Crippen MR) is 185 cm³/mol. The zero-order chi connectivity index (χ0) is 33.8. The molecule has 0 spiro atoms. The van der Waals surface area contributed by atoms with E-state index in [9.17, 15) is 9.59 Å². The lowest BCUT2D eigenvalue weighted by Gasteiger charge is -2.20. The fourth-order valence-electron chi connectivity index (χ4n) is 4.82. The molecule has 10 heteroatoms. The molecule has 0 amide bonds. The molecule has 0 saturated heterocycles. The second-order valence-electron chi connectivity index (χ2n) is 11.4. The molecule has 0 fully saturated rings. The van der Waals surface area contributed by atoms with Crippen molar-refractivity contribution in [3.8, 4) is 0 Å². The molecule has 0 aliphatic rings. The van der Waals surface area contributed by atoms with Crippen LogP contribution in [-0.2, 0) is 4.79 Å². The molecule has 2 aromatic heterocycles. The van der Waals surface area contributed by atoms with Crippen LogP contribution < -0.4 is 0 Å². The number of pyridine rings is 2. The van der Waals surface area contributed by atoms with Crippen molar-refractivity contribution in [2.75, 3.05) is 41.3 Å². The predicted octanol–water partition coefficient (Wildman–Crippen LogP) is 7.43. The molecule has 2 atom stereocenters. The summed E-state index contributed by atoms with van der Waals surface area (Å²) < 4.78 is 0. The Morgan fingerprint density at radius 1 is 0.674 bits per heavy atom. The largest absolute Gasteiger partial charge is 0.478 e. The lowest BCUT2D eigenvalue weighted by molar-refractivity contribution is -0.130. The van der Waals surface area contributed by atoms with E-state index < -0.39 is 11.9 Å². The molecule has 2 unspecified atom stereocenters. The maximum Gasteiger partial charge on any atom is 0.354 e. The van der Waals surface area contributed by atoms with Crippen molar-refractivity contribution in [1.29, 1.82) is 0 Å². The molecule has 4 aromatic rings. The Morgan fingerprint density at radius 2 is 1.07 bits per heavy atom. The second kappa shape index (κ2) is 17.6. The van der Waals surface area contributed by atoms with E-state index in [4.69, 9.17) is 33.4 Å². The monoisotopic (exact) mass is 662 g/mol. The third kappa shape index (κ3) is 11.1. The van der Waals surface area contributed by atoms with Gasteiger partial charge in [0.25, 0.3) is 0 Å². The molecule has 2 N–H and O–H groups in total. The first-order valence-corrected chi connectivity index (χ1v) is 15.5. The maximum atomic E-state index is 11.1. The van der Waals surface area contributed by atoms with E-state index in [-0.39, 0.29) is 23.1 Å². The fourth-order valence-corrected chi connectivity index (χ4v) is 5.08. The summed E-state index contributed by atoms with van der Waals surface area (Å²) in [6.45, 7) is 5.36. The van der Waals surface area contributed by atoms with Crippen molar-refractivity contribution in [3.05, 3.63) is 135 Å². The summed E-state index contributed by atoms with van der Waals surface area (Å²) in [7, 11) is 8.07. The lowest BCUT2D eigenvalue weighted by Crippen LogP contribution is -2.17. The average molecular weight is 664 g/mol. The Hall–Kier alpha value is -4.08. The highest BCUT2D eigenvalue weighted by atomic mass is 35.5. The topological polar surface area (TPSA) is 107 Å². The van der Waals surface area contributed by atoms with Crippen molar-refractivity contribution < 1.29 is 19.8 Å². The minimum Gasteiger partial charge on any atom is -0.478 e. The zero-order valence-electron chi connectivity index (χ0n) is 26.5. The van der Waals surface area contributed by atoms with E-state index in [1.807, 2.05) is 94.9 Å². The van der Waals surface area contributed by atoms with Crippen molar-refractivity contribution in [2.45, 2.75) is 24.7 Å². The number of halogens is 2. The number of hydrogen-bond donors (Lipinski definition) is 2. The Balaban J connectivity index is 0.000000251. The van der Waals surface area contributed by atoms with Gasteiger partial charge in [0.2, 0.25) is 0 Å².